The number of nitrogens with zero attached hydrogens (tertiary/aromatic N) is 2. The monoisotopic (exact) mass is 246 g/mol. The molecule has 2 rings (SSSR count). The van der Waals surface area contributed by atoms with Crippen LogP contribution < -0.4 is 0 Å². The number of hydrogen-bond acceptors (Lipinski definition) is 3. The highest BCUT2D eigenvalue weighted by Crippen LogP contribution is 2.33. The Morgan fingerprint density at radius 3 is 2.39 bits per heavy atom. The second kappa shape index (κ2) is 5.61. The van der Waals surface area contributed by atoms with Gasteiger partial charge >= 0.3 is 0 Å². The van der Waals surface area contributed by atoms with Gasteiger partial charge in [-0.3, -0.25) is 14.7 Å². The first-order chi connectivity index (χ1) is 8.65. The molecule has 1 saturated carbocycles. The van der Waals surface area contributed by atoms with Gasteiger partial charge < -0.3 is 0 Å². The van der Waals surface area contributed by atoms with Crippen LogP contribution >= 0.6 is 0 Å². The quantitative estimate of drug-likeness (QED) is 0.818. The van der Waals surface area contributed by atoms with Crippen molar-refractivity contribution in [1.29, 1.82) is 0 Å². The molecule has 0 unspecified atom stereocenters. The molecule has 0 N–H and O–H groups in total. The SMILES string of the molecule is CN(C)C1(C(=O)Cc2ccncc2)CCCCC1. The maximum Gasteiger partial charge on any atom is 0.157 e. The van der Waals surface area contributed by atoms with Gasteiger partial charge in [0.2, 0.25) is 0 Å². The van der Waals surface area contributed by atoms with Crippen molar-refractivity contribution < 1.29 is 4.79 Å². The summed E-state index contributed by atoms with van der Waals surface area (Å²) in [4.78, 5) is 18.8. The van der Waals surface area contributed by atoms with Gasteiger partial charge in [-0.15, -0.1) is 0 Å². The molecule has 0 spiro atoms. The topological polar surface area (TPSA) is 33.2 Å². The molecule has 3 nitrogen and oxygen atoms in total. The van der Waals surface area contributed by atoms with E-state index in [-0.39, 0.29) is 5.54 Å². The van der Waals surface area contributed by atoms with Crippen LogP contribution in [0, 0.1) is 0 Å². The van der Waals surface area contributed by atoms with Crippen molar-refractivity contribution in [2.75, 3.05) is 14.1 Å². The van der Waals surface area contributed by atoms with Crippen LogP contribution in [0.15, 0.2) is 24.5 Å². The molecule has 0 aromatic carbocycles. The van der Waals surface area contributed by atoms with Gasteiger partial charge in [0.1, 0.15) is 0 Å². The van der Waals surface area contributed by atoms with E-state index in [1.165, 1.54) is 19.3 Å². The second-order valence-electron chi connectivity index (χ2n) is 5.44. The Labute approximate surface area is 109 Å². The molecular formula is C15H22N2O. The third kappa shape index (κ3) is 2.61. The van der Waals surface area contributed by atoms with Crippen LogP contribution in [0.5, 0.6) is 0 Å². The summed E-state index contributed by atoms with van der Waals surface area (Å²) < 4.78 is 0. The van der Waals surface area contributed by atoms with Gasteiger partial charge in [-0.2, -0.15) is 0 Å². The Balaban J connectivity index is 2.14. The number of likely N-dealkylation sites (N-methyl/N-ethyl adjacent to an activating group) is 1. The normalized spacial score (nSPS) is 18.8. The molecule has 0 aliphatic heterocycles. The maximum absolute atomic E-state index is 12.7. The summed E-state index contributed by atoms with van der Waals surface area (Å²) in [5, 5.41) is 0. The Kier molecular flexibility index (Phi) is 4.12. The Morgan fingerprint density at radius 2 is 1.83 bits per heavy atom. The molecule has 1 aliphatic rings. The molecule has 98 valence electrons. The number of rotatable bonds is 4. The largest absolute Gasteiger partial charge is 0.297 e. The molecule has 0 amide bonds. The first-order valence-electron chi connectivity index (χ1n) is 6.75. The van der Waals surface area contributed by atoms with Crippen molar-refractivity contribution in [2.24, 2.45) is 0 Å². The number of carbonyl (C=O) groups is 1. The fraction of sp³-hybridized carbons (Fsp3) is 0.600. The fourth-order valence-corrected chi connectivity index (χ4v) is 2.96. The predicted molar refractivity (Wildman–Crippen MR) is 72.5 cm³/mol. The van der Waals surface area contributed by atoms with Gasteiger partial charge in [-0.05, 0) is 44.6 Å². The summed E-state index contributed by atoms with van der Waals surface area (Å²) in [7, 11) is 4.07. The average molecular weight is 246 g/mol. The Bertz CT molecular complexity index is 394. The molecule has 18 heavy (non-hydrogen) atoms. The van der Waals surface area contributed by atoms with Crippen molar-refractivity contribution in [3.63, 3.8) is 0 Å². The number of hydrogen-bond donors (Lipinski definition) is 0. The third-order valence-corrected chi connectivity index (χ3v) is 4.17. The minimum absolute atomic E-state index is 0.235. The second-order valence-corrected chi connectivity index (χ2v) is 5.44. The van der Waals surface area contributed by atoms with Crippen LogP contribution in [-0.2, 0) is 11.2 Å². The van der Waals surface area contributed by atoms with E-state index in [2.05, 4.69) is 9.88 Å². The lowest BCUT2D eigenvalue weighted by Gasteiger charge is -2.41. The van der Waals surface area contributed by atoms with E-state index < -0.39 is 0 Å². The fourth-order valence-electron chi connectivity index (χ4n) is 2.96. The summed E-state index contributed by atoms with van der Waals surface area (Å²) in [6, 6.07) is 3.87. The molecule has 0 radical (unpaired) electrons. The molecule has 1 fully saturated rings. The van der Waals surface area contributed by atoms with Gasteiger partial charge in [0.25, 0.3) is 0 Å². The van der Waals surface area contributed by atoms with Crippen molar-refractivity contribution in [3.05, 3.63) is 30.1 Å². The lowest BCUT2D eigenvalue weighted by atomic mass is 9.76. The van der Waals surface area contributed by atoms with Gasteiger partial charge in [0, 0.05) is 18.8 Å². The van der Waals surface area contributed by atoms with E-state index >= 15 is 0 Å². The van der Waals surface area contributed by atoms with Gasteiger partial charge in [-0.1, -0.05) is 19.3 Å². The molecule has 0 saturated heterocycles. The van der Waals surface area contributed by atoms with Crippen LogP contribution in [0.2, 0.25) is 0 Å². The minimum Gasteiger partial charge on any atom is -0.297 e. The number of ketones is 1. The number of aromatic nitrogens is 1. The molecule has 1 aromatic heterocycles. The van der Waals surface area contributed by atoms with E-state index in [1.807, 2.05) is 26.2 Å². The van der Waals surface area contributed by atoms with E-state index in [1.54, 1.807) is 12.4 Å². The third-order valence-electron chi connectivity index (χ3n) is 4.17. The summed E-state index contributed by atoms with van der Waals surface area (Å²) in [6.45, 7) is 0. The van der Waals surface area contributed by atoms with E-state index in [0.29, 0.717) is 12.2 Å². The Morgan fingerprint density at radius 1 is 1.22 bits per heavy atom. The highest BCUT2D eigenvalue weighted by atomic mass is 16.1. The summed E-state index contributed by atoms with van der Waals surface area (Å²) in [5.74, 6) is 0.360. The maximum atomic E-state index is 12.7. The van der Waals surface area contributed by atoms with Gasteiger partial charge in [0.05, 0.1) is 5.54 Å². The molecule has 0 atom stereocenters. The zero-order valence-corrected chi connectivity index (χ0v) is 11.4. The Hall–Kier alpha value is -1.22. The molecule has 3 heteroatoms. The summed E-state index contributed by atoms with van der Waals surface area (Å²) in [5.41, 5.74) is 0.837. The van der Waals surface area contributed by atoms with E-state index in [0.717, 1.165) is 18.4 Å². The lowest BCUT2D eigenvalue weighted by Crippen LogP contribution is -2.53. The van der Waals surface area contributed by atoms with E-state index in [9.17, 15) is 4.79 Å². The van der Waals surface area contributed by atoms with Crippen molar-refractivity contribution in [3.8, 4) is 0 Å². The highest BCUT2D eigenvalue weighted by Gasteiger charge is 2.40. The highest BCUT2D eigenvalue weighted by molar-refractivity contribution is 5.90. The molecule has 1 aromatic rings. The average Bonchev–Trinajstić information content (AvgIpc) is 2.40. The number of carbonyl (C=O) groups excluding carboxylic acids is 1. The number of pyridine rings is 1. The van der Waals surface area contributed by atoms with Crippen LogP contribution in [-0.4, -0.2) is 35.3 Å². The predicted octanol–water partition coefficient (Wildman–Crippen LogP) is 2.46. The zero-order chi connectivity index (χ0) is 13.0. The first-order valence-corrected chi connectivity index (χ1v) is 6.75. The molecular weight excluding hydrogens is 224 g/mol. The summed E-state index contributed by atoms with van der Waals surface area (Å²) in [6.07, 6.45) is 9.64. The summed E-state index contributed by atoms with van der Waals surface area (Å²) >= 11 is 0. The molecule has 1 aliphatic carbocycles. The van der Waals surface area contributed by atoms with Crippen molar-refractivity contribution in [2.45, 2.75) is 44.1 Å². The first kappa shape index (κ1) is 13.2. The minimum atomic E-state index is -0.235. The number of Topliss-reactive ketones (excluding diaryl/α,β-unsaturated/α-hetero) is 1. The van der Waals surface area contributed by atoms with Gasteiger partial charge in [-0.25, -0.2) is 0 Å². The lowest BCUT2D eigenvalue weighted by molar-refractivity contribution is -0.131. The van der Waals surface area contributed by atoms with Crippen molar-refractivity contribution >= 4 is 5.78 Å². The van der Waals surface area contributed by atoms with Crippen LogP contribution in [0.1, 0.15) is 37.7 Å². The zero-order valence-electron chi connectivity index (χ0n) is 11.4. The van der Waals surface area contributed by atoms with Crippen LogP contribution in [0.25, 0.3) is 0 Å². The molecule has 1 heterocycles. The van der Waals surface area contributed by atoms with Crippen molar-refractivity contribution in [1.82, 2.24) is 9.88 Å². The standard InChI is InChI=1S/C15H22N2O/c1-17(2)15(8-4-3-5-9-15)14(18)12-13-6-10-16-11-7-13/h6-7,10-11H,3-5,8-9,12H2,1-2H3. The van der Waals surface area contributed by atoms with Crippen LogP contribution in [0.4, 0.5) is 0 Å². The van der Waals surface area contributed by atoms with Crippen LogP contribution in [0.3, 0.4) is 0 Å². The van der Waals surface area contributed by atoms with Gasteiger partial charge in [0.15, 0.2) is 5.78 Å². The van der Waals surface area contributed by atoms with E-state index in [4.69, 9.17) is 0 Å². The smallest absolute Gasteiger partial charge is 0.157 e. The molecule has 0 bridgehead atoms.